The van der Waals surface area contributed by atoms with E-state index in [2.05, 4.69) is 20.1 Å². The molecule has 0 aliphatic carbocycles. The summed E-state index contributed by atoms with van der Waals surface area (Å²) in [6.45, 7) is 9.19. The molecule has 1 aliphatic heterocycles. The average Bonchev–Trinajstić information content (AvgIpc) is 3.20. The summed E-state index contributed by atoms with van der Waals surface area (Å²) < 4.78 is 2.02. The van der Waals surface area contributed by atoms with Gasteiger partial charge in [0.2, 0.25) is 0 Å². The van der Waals surface area contributed by atoms with E-state index in [0.717, 1.165) is 68.5 Å². The smallest absolute Gasteiger partial charge is 0.271 e. The second-order valence-corrected chi connectivity index (χ2v) is 9.86. The van der Waals surface area contributed by atoms with E-state index in [4.69, 9.17) is 34.8 Å². The van der Waals surface area contributed by atoms with Gasteiger partial charge in [-0.3, -0.25) is 9.69 Å². The Bertz CT molecular complexity index is 1170. The quantitative estimate of drug-likeness (QED) is 0.380. The lowest BCUT2D eigenvalue weighted by atomic mass is 10.2. The molecule has 1 aliphatic rings. The lowest BCUT2D eigenvalue weighted by Gasteiger charge is -2.36. The summed E-state index contributed by atoms with van der Waals surface area (Å²) >= 11 is 18.6. The Morgan fingerprint density at radius 2 is 1.74 bits per heavy atom. The van der Waals surface area contributed by atoms with Crippen molar-refractivity contribution < 1.29 is 4.79 Å². The number of piperazine rings is 1. The minimum atomic E-state index is -0.134. The highest BCUT2D eigenvalue weighted by Gasteiger charge is 2.21. The Hall–Kier alpha value is -2.25. The van der Waals surface area contributed by atoms with Crippen LogP contribution in [0.25, 0.3) is 5.69 Å². The van der Waals surface area contributed by atoms with E-state index >= 15 is 0 Å². The number of carbonyl (C=O) groups is 1. The van der Waals surface area contributed by atoms with Crippen LogP contribution in [0.4, 0.5) is 5.69 Å². The third-order valence-electron chi connectivity index (χ3n) is 6.37. The Labute approximate surface area is 221 Å². The van der Waals surface area contributed by atoms with Crippen molar-refractivity contribution in [3.05, 3.63) is 74.7 Å². The maximum atomic E-state index is 12.9. The summed E-state index contributed by atoms with van der Waals surface area (Å²) in [5, 5.41) is 4.93. The molecule has 0 atom stereocenters. The van der Waals surface area contributed by atoms with Gasteiger partial charge in [-0.15, -0.1) is 0 Å². The number of hydrogen-bond donors (Lipinski definition) is 1. The van der Waals surface area contributed by atoms with Gasteiger partial charge in [-0.1, -0.05) is 47.8 Å². The number of rotatable bonds is 8. The normalized spacial score (nSPS) is 14.4. The highest BCUT2D eigenvalue weighted by atomic mass is 35.5. The van der Waals surface area contributed by atoms with Crippen molar-refractivity contribution in [1.82, 2.24) is 19.8 Å². The zero-order valence-electron chi connectivity index (χ0n) is 20.0. The van der Waals surface area contributed by atoms with Gasteiger partial charge in [-0.2, -0.15) is 0 Å². The molecule has 1 N–H and O–H groups in total. The maximum absolute atomic E-state index is 12.9. The summed E-state index contributed by atoms with van der Waals surface area (Å²) in [4.78, 5) is 22.2. The molecule has 2 aromatic carbocycles. The van der Waals surface area contributed by atoms with Crippen LogP contribution in [-0.4, -0.2) is 59.6 Å². The minimum absolute atomic E-state index is 0.134. The largest absolute Gasteiger partial charge is 0.368 e. The molecule has 35 heavy (non-hydrogen) atoms. The van der Waals surface area contributed by atoms with Crippen LogP contribution in [0.2, 0.25) is 15.1 Å². The van der Waals surface area contributed by atoms with Gasteiger partial charge in [0.05, 0.1) is 21.4 Å². The first-order valence-electron chi connectivity index (χ1n) is 11.9. The van der Waals surface area contributed by atoms with Gasteiger partial charge < -0.3 is 14.8 Å². The van der Waals surface area contributed by atoms with E-state index in [0.29, 0.717) is 27.3 Å². The molecule has 1 saturated heterocycles. The molecule has 0 saturated carbocycles. The number of hydrogen-bond acceptors (Lipinski definition) is 4. The second kappa shape index (κ2) is 11.7. The topological polar surface area (TPSA) is 53.4 Å². The van der Waals surface area contributed by atoms with E-state index in [9.17, 15) is 4.79 Å². The number of benzene rings is 2. The third-order valence-corrected chi connectivity index (χ3v) is 7.43. The molecule has 0 bridgehead atoms. The van der Waals surface area contributed by atoms with Crippen molar-refractivity contribution >= 4 is 46.4 Å². The Kier molecular flexibility index (Phi) is 8.60. The second-order valence-electron chi connectivity index (χ2n) is 8.64. The van der Waals surface area contributed by atoms with Crippen molar-refractivity contribution in [3.63, 3.8) is 0 Å². The molecule has 3 aromatic rings. The van der Waals surface area contributed by atoms with Gasteiger partial charge in [0.25, 0.3) is 5.91 Å². The summed E-state index contributed by atoms with van der Waals surface area (Å²) in [5.41, 5.74) is 3.25. The number of aromatic nitrogens is 2. The van der Waals surface area contributed by atoms with E-state index < -0.39 is 0 Å². The summed E-state index contributed by atoms with van der Waals surface area (Å²) in [6, 6.07) is 13.3. The molecule has 1 aromatic heterocycles. The molecule has 0 unspecified atom stereocenters. The van der Waals surface area contributed by atoms with Crippen LogP contribution in [0, 0.1) is 6.92 Å². The molecular formula is C26H30Cl3N5O. The van der Waals surface area contributed by atoms with Gasteiger partial charge in [0.1, 0.15) is 11.5 Å². The minimum Gasteiger partial charge on any atom is -0.368 e. The number of nitrogens with zero attached hydrogens (tertiary/aromatic N) is 4. The van der Waals surface area contributed by atoms with Gasteiger partial charge >= 0.3 is 0 Å². The number of amides is 1. The van der Waals surface area contributed by atoms with E-state index in [-0.39, 0.29) is 5.91 Å². The van der Waals surface area contributed by atoms with Crippen LogP contribution >= 0.6 is 34.8 Å². The Morgan fingerprint density at radius 3 is 2.43 bits per heavy atom. The van der Waals surface area contributed by atoms with Crippen molar-refractivity contribution in [2.24, 2.45) is 0 Å². The highest BCUT2D eigenvalue weighted by molar-refractivity contribution is 6.43. The predicted molar refractivity (Wildman–Crippen MR) is 145 cm³/mol. The van der Waals surface area contributed by atoms with E-state index in [1.807, 2.05) is 60.9 Å². The first-order chi connectivity index (χ1) is 16.9. The van der Waals surface area contributed by atoms with Gasteiger partial charge in [-0.25, -0.2) is 4.98 Å². The first-order valence-corrected chi connectivity index (χ1v) is 13.1. The molecule has 2 heterocycles. The van der Waals surface area contributed by atoms with Crippen molar-refractivity contribution in [2.45, 2.75) is 26.7 Å². The molecule has 4 rings (SSSR count). The zero-order valence-corrected chi connectivity index (χ0v) is 22.3. The molecule has 1 amide bonds. The predicted octanol–water partition coefficient (Wildman–Crippen LogP) is 5.65. The molecule has 186 valence electrons. The van der Waals surface area contributed by atoms with Crippen LogP contribution in [0.3, 0.4) is 0 Å². The van der Waals surface area contributed by atoms with Gasteiger partial charge in [-0.05, 0) is 56.3 Å². The molecule has 0 spiro atoms. The number of halogens is 3. The number of nitrogens with one attached hydrogen (secondary N) is 1. The van der Waals surface area contributed by atoms with E-state index in [1.54, 1.807) is 0 Å². The van der Waals surface area contributed by atoms with E-state index in [1.165, 1.54) is 0 Å². The summed E-state index contributed by atoms with van der Waals surface area (Å²) in [7, 11) is 0. The molecule has 6 nitrogen and oxygen atoms in total. The standard InChI is InChI=1S/C26H30Cl3N5O/c1-3-23-31-25(18(2)34(23)20-10-8-19(27)9-11-20)26(35)30-12-5-13-32-14-16-33(17-15-32)22-7-4-6-21(28)24(22)29/h4,6-11H,3,5,12-17H2,1-2H3,(H,30,35). The first kappa shape index (κ1) is 25.8. The SMILES string of the molecule is CCc1nc(C(=O)NCCCN2CCN(c3cccc(Cl)c3Cl)CC2)c(C)n1-c1ccc(Cl)cc1. The number of carbonyl (C=O) groups excluding carboxylic acids is 1. The number of imidazole rings is 1. The fourth-order valence-corrected chi connectivity index (χ4v) is 5.02. The van der Waals surface area contributed by atoms with Crippen molar-refractivity contribution in [1.29, 1.82) is 0 Å². The van der Waals surface area contributed by atoms with Crippen LogP contribution in [-0.2, 0) is 6.42 Å². The Morgan fingerprint density at radius 1 is 1.03 bits per heavy atom. The van der Waals surface area contributed by atoms with Gasteiger partial charge in [0, 0.05) is 49.9 Å². The van der Waals surface area contributed by atoms with Crippen molar-refractivity contribution in [2.75, 3.05) is 44.2 Å². The Balaban J connectivity index is 1.27. The zero-order chi connectivity index (χ0) is 24.9. The fourth-order valence-electron chi connectivity index (χ4n) is 4.48. The lowest BCUT2D eigenvalue weighted by Crippen LogP contribution is -2.47. The molecule has 9 heteroatoms. The highest BCUT2D eigenvalue weighted by Crippen LogP contribution is 2.32. The molecule has 0 radical (unpaired) electrons. The fraction of sp³-hybridized carbons (Fsp3) is 0.385. The molecule has 1 fully saturated rings. The molecular weight excluding hydrogens is 505 g/mol. The maximum Gasteiger partial charge on any atom is 0.271 e. The number of aryl methyl sites for hydroxylation is 1. The van der Waals surface area contributed by atoms with Gasteiger partial charge in [0.15, 0.2) is 0 Å². The van der Waals surface area contributed by atoms with Crippen LogP contribution in [0.1, 0.15) is 35.4 Å². The summed E-state index contributed by atoms with van der Waals surface area (Å²) in [6.07, 6.45) is 1.60. The van der Waals surface area contributed by atoms with Crippen LogP contribution in [0.15, 0.2) is 42.5 Å². The number of anilines is 1. The average molecular weight is 535 g/mol. The van der Waals surface area contributed by atoms with Crippen LogP contribution in [0.5, 0.6) is 0 Å². The third kappa shape index (κ3) is 5.95. The summed E-state index contributed by atoms with van der Waals surface area (Å²) in [5.74, 6) is 0.720. The lowest BCUT2D eigenvalue weighted by molar-refractivity contribution is 0.0946. The van der Waals surface area contributed by atoms with Crippen molar-refractivity contribution in [3.8, 4) is 5.69 Å². The monoisotopic (exact) mass is 533 g/mol. The van der Waals surface area contributed by atoms with Crippen LogP contribution < -0.4 is 10.2 Å².